The molecule has 9 heteroatoms. The summed E-state index contributed by atoms with van der Waals surface area (Å²) in [6.07, 6.45) is 0. The monoisotopic (exact) mass is 390 g/mol. The molecule has 0 amide bonds. The highest BCUT2D eigenvalue weighted by Crippen LogP contribution is 2.28. The van der Waals surface area contributed by atoms with Gasteiger partial charge in [0.2, 0.25) is 0 Å². The Morgan fingerprint density at radius 3 is 2.29 bits per heavy atom. The van der Waals surface area contributed by atoms with Crippen LogP contribution in [0.15, 0.2) is 51.8 Å². The van der Waals surface area contributed by atoms with Gasteiger partial charge in [0.15, 0.2) is 0 Å². The van der Waals surface area contributed by atoms with Crippen LogP contribution in [0.5, 0.6) is 0 Å². The third kappa shape index (κ3) is 3.72. The van der Waals surface area contributed by atoms with Gasteiger partial charge in [0.05, 0.1) is 20.5 Å². The van der Waals surface area contributed by atoms with Gasteiger partial charge >= 0.3 is 0 Å². The van der Waals surface area contributed by atoms with Crippen LogP contribution in [-0.4, -0.2) is 13.3 Å². The van der Waals surface area contributed by atoms with E-state index in [1.807, 2.05) is 0 Å². The van der Waals surface area contributed by atoms with Crippen molar-refractivity contribution < 1.29 is 13.3 Å². The molecule has 0 fully saturated rings. The van der Waals surface area contributed by atoms with Gasteiger partial charge in [0, 0.05) is 16.6 Å². The van der Waals surface area contributed by atoms with Crippen molar-refractivity contribution in [3.8, 4) is 0 Å². The van der Waals surface area contributed by atoms with Gasteiger partial charge in [-0.15, -0.1) is 0 Å². The molecule has 0 aliphatic heterocycles. The summed E-state index contributed by atoms with van der Waals surface area (Å²) in [4.78, 5) is 9.86. The first-order valence-electron chi connectivity index (χ1n) is 5.52. The first kappa shape index (κ1) is 15.7. The molecular formula is C12H8BrClN2O4S. The van der Waals surface area contributed by atoms with Crippen LogP contribution in [0.25, 0.3) is 0 Å². The van der Waals surface area contributed by atoms with Gasteiger partial charge < -0.3 is 0 Å². The number of rotatable bonds is 4. The third-order valence-electron chi connectivity index (χ3n) is 2.53. The van der Waals surface area contributed by atoms with E-state index < -0.39 is 14.9 Å². The van der Waals surface area contributed by atoms with Gasteiger partial charge in [-0.05, 0) is 30.3 Å². The van der Waals surface area contributed by atoms with Gasteiger partial charge in [-0.25, -0.2) is 8.42 Å². The molecule has 2 aromatic rings. The number of nitrogens with one attached hydrogen (secondary N) is 1. The second-order valence-electron chi connectivity index (χ2n) is 3.98. The smallest absolute Gasteiger partial charge is 0.269 e. The van der Waals surface area contributed by atoms with E-state index in [0.29, 0.717) is 4.47 Å². The Labute approximate surface area is 134 Å². The fourth-order valence-corrected chi connectivity index (χ4v) is 3.38. The second-order valence-corrected chi connectivity index (χ2v) is 6.99. The second kappa shape index (κ2) is 6.00. The van der Waals surface area contributed by atoms with Gasteiger partial charge in [0.1, 0.15) is 0 Å². The van der Waals surface area contributed by atoms with Crippen molar-refractivity contribution >= 4 is 48.9 Å². The lowest BCUT2D eigenvalue weighted by Gasteiger charge is -2.09. The van der Waals surface area contributed by atoms with Crippen molar-refractivity contribution in [1.29, 1.82) is 0 Å². The number of anilines is 1. The predicted molar refractivity (Wildman–Crippen MR) is 83.1 cm³/mol. The van der Waals surface area contributed by atoms with E-state index in [9.17, 15) is 18.5 Å². The van der Waals surface area contributed by atoms with Crippen molar-refractivity contribution in [2.75, 3.05) is 4.72 Å². The Morgan fingerprint density at radius 1 is 1.14 bits per heavy atom. The van der Waals surface area contributed by atoms with Gasteiger partial charge in [-0.3, -0.25) is 14.8 Å². The van der Waals surface area contributed by atoms with Crippen LogP contribution in [0, 0.1) is 10.1 Å². The number of nitro groups is 1. The number of hydrogen-bond donors (Lipinski definition) is 1. The fraction of sp³-hybridized carbons (Fsp3) is 0. The summed E-state index contributed by atoms with van der Waals surface area (Å²) in [5.41, 5.74) is 0.0360. The van der Waals surface area contributed by atoms with E-state index in [0.717, 1.165) is 24.3 Å². The Morgan fingerprint density at radius 2 is 1.76 bits per heavy atom. The van der Waals surface area contributed by atoms with Crippen molar-refractivity contribution in [3.63, 3.8) is 0 Å². The van der Waals surface area contributed by atoms with Crippen LogP contribution < -0.4 is 4.72 Å². The molecule has 6 nitrogen and oxygen atoms in total. The molecule has 0 bridgehead atoms. The number of nitro benzene ring substituents is 1. The lowest BCUT2D eigenvalue weighted by atomic mass is 10.3. The number of halogens is 2. The highest BCUT2D eigenvalue weighted by Gasteiger charge is 2.17. The van der Waals surface area contributed by atoms with Gasteiger partial charge in [-0.1, -0.05) is 27.5 Å². The maximum Gasteiger partial charge on any atom is 0.269 e. The maximum absolute atomic E-state index is 12.2. The Hall–Kier alpha value is -1.64. The minimum absolute atomic E-state index is 0.0907. The Kier molecular flexibility index (Phi) is 4.50. The standard InChI is InChI=1S/C12H8BrClN2O4S/c13-8-1-6-12(11(14)7-8)15-21(19,20)10-4-2-9(3-5-10)16(17)18/h1-7,15H. The molecule has 0 aliphatic rings. The van der Waals surface area contributed by atoms with E-state index in [-0.39, 0.29) is 21.3 Å². The van der Waals surface area contributed by atoms with Crippen LogP contribution in [0.2, 0.25) is 5.02 Å². The van der Waals surface area contributed by atoms with Crippen LogP contribution in [0.1, 0.15) is 0 Å². The zero-order chi connectivity index (χ0) is 15.6. The molecule has 2 rings (SSSR count). The maximum atomic E-state index is 12.2. The normalized spacial score (nSPS) is 11.1. The fourth-order valence-electron chi connectivity index (χ4n) is 1.52. The summed E-state index contributed by atoms with van der Waals surface area (Å²) in [6.45, 7) is 0. The van der Waals surface area contributed by atoms with Crippen molar-refractivity contribution in [1.82, 2.24) is 0 Å². The molecule has 0 aromatic heterocycles. The summed E-state index contributed by atoms with van der Waals surface area (Å²) >= 11 is 9.16. The summed E-state index contributed by atoms with van der Waals surface area (Å²) in [7, 11) is -3.86. The Bertz CT molecular complexity index is 793. The average Bonchev–Trinajstić information content (AvgIpc) is 2.42. The largest absolute Gasteiger partial charge is 0.278 e. The van der Waals surface area contributed by atoms with Crippen LogP contribution in [0.3, 0.4) is 0 Å². The number of sulfonamides is 1. The Balaban J connectivity index is 2.31. The van der Waals surface area contributed by atoms with E-state index in [1.54, 1.807) is 12.1 Å². The number of hydrogen-bond acceptors (Lipinski definition) is 4. The van der Waals surface area contributed by atoms with Crippen LogP contribution >= 0.6 is 27.5 Å². The highest BCUT2D eigenvalue weighted by atomic mass is 79.9. The summed E-state index contributed by atoms with van der Waals surface area (Å²) in [6, 6.07) is 9.26. The first-order chi connectivity index (χ1) is 9.79. The van der Waals surface area contributed by atoms with E-state index in [4.69, 9.17) is 11.6 Å². The summed E-state index contributed by atoms with van der Waals surface area (Å²) < 4.78 is 27.4. The lowest BCUT2D eigenvalue weighted by molar-refractivity contribution is -0.384. The summed E-state index contributed by atoms with van der Waals surface area (Å²) in [5, 5.41) is 10.8. The molecule has 0 saturated carbocycles. The topological polar surface area (TPSA) is 89.3 Å². The molecule has 0 saturated heterocycles. The number of benzene rings is 2. The molecule has 0 heterocycles. The minimum Gasteiger partial charge on any atom is -0.278 e. The van der Waals surface area contributed by atoms with E-state index in [2.05, 4.69) is 20.7 Å². The van der Waals surface area contributed by atoms with Crippen LogP contribution in [-0.2, 0) is 10.0 Å². The van der Waals surface area contributed by atoms with Crippen molar-refractivity contribution in [3.05, 3.63) is 62.1 Å². The molecule has 0 atom stereocenters. The minimum atomic E-state index is -3.86. The number of nitrogens with zero attached hydrogens (tertiary/aromatic N) is 1. The lowest BCUT2D eigenvalue weighted by Crippen LogP contribution is -2.13. The molecular weight excluding hydrogens is 384 g/mol. The van der Waals surface area contributed by atoms with Gasteiger partial charge in [-0.2, -0.15) is 0 Å². The zero-order valence-electron chi connectivity index (χ0n) is 10.3. The van der Waals surface area contributed by atoms with Gasteiger partial charge in [0.25, 0.3) is 15.7 Å². The molecule has 1 N–H and O–H groups in total. The quantitative estimate of drug-likeness (QED) is 0.634. The third-order valence-corrected chi connectivity index (χ3v) is 4.72. The zero-order valence-corrected chi connectivity index (χ0v) is 13.4. The molecule has 0 radical (unpaired) electrons. The first-order valence-corrected chi connectivity index (χ1v) is 8.17. The van der Waals surface area contributed by atoms with E-state index in [1.165, 1.54) is 6.07 Å². The van der Waals surface area contributed by atoms with Crippen LogP contribution in [0.4, 0.5) is 11.4 Å². The molecule has 0 unspecified atom stereocenters. The SMILES string of the molecule is O=[N+]([O-])c1ccc(S(=O)(=O)Nc2ccc(Br)cc2Cl)cc1. The van der Waals surface area contributed by atoms with Crippen molar-refractivity contribution in [2.24, 2.45) is 0 Å². The number of non-ortho nitro benzene ring substituents is 1. The predicted octanol–water partition coefficient (Wildman–Crippen LogP) is 3.81. The molecule has 2 aromatic carbocycles. The molecule has 0 aliphatic carbocycles. The highest BCUT2D eigenvalue weighted by molar-refractivity contribution is 9.10. The van der Waals surface area contributed by atoms with E-state index >= 15 is 0 Å². The summed E-state index contributed by atoms with van der Waals surface area (Å²) in [5.74, 6) is 0. The molecule has 0 spiro atoms. The molecule has 21 heavy (non-hydrogen) atoms. The van der Waals surface area contributed by atoms with Crippen molar-refractivity contribution in [2.45, 2.75) is 4.90 Å². The molecule has 110 valence electrons. The average molecular weight is 392 g/mol.